The number of rotatable bonds is 4. The molecule has 5 nitrogen and oxygen atoms in total. The smallest absolute Gasteiger partial charge is 0.255 e. The molecule has 25 heavy (non-hydrogen) atoms. The molecule has 1 N–H and O–H groups in total. The normalized spacial score (nSPS) is 14.3. The molecule has 1 amide bonds. The van der Waals surface area contributed by atoms with Crippen molar-refractivity contribution in [1.29, 1.82) is 0 Å². The van der Waals surface area contributed by atoms with E-state index in [1.807, 2.05) is 13.0 Å². The Bertz CT molecular complexity index is 930. The summed E-state index contributed by atoms with van der Waals surface area (Å²) in [4.78, 5) is 18.8. The van der Waals surface area contributed by atoms with Gasteiger partial charge >= 0.3 is 0 Å². The Balaban J connectivity index is 1.53. The summed E-state index contributed by atoms with van der Waals surface area (Å²) in [5.74, 6) is 1.51. The number of hydrogen-bond acceptors (Lipinski definition) is 5. The fraction of sp³-hybridized carbons (Fsp3) is 0.278. The van der Waals surface area contributed by atoms with Gasteiger partial charge in [-0.2, -0.15) is 4.98 Å². The minimum absolute atomic E-state index is 0.196. The SMILES string of the molecule is Cc1sc(-c2noc(C3CCC3)n2)cc1NC(=O)c1cccc(Cl)c1. The number of benzene rings is 1. The lowest BCUT2D eigenvalue weighted by Gasteiger charge is -2.20. The maximum Gasteiger partial charge on any atom is 0.255 e. The van der Waals surface area contributed by atoms with Gasteiger partial charge in [0, 0.05) is 21.4 Å². The summed E-state index contributed by atoms with van der Waals surface area (Å²) in [5.41, 5.74) is 1.27. The van der Waals surface area contributed by atoms with E-state index in [4.69, 9.17) is 16.1 Å². The third kappa shape index (κ3) is 3.32. The highest BCUT2D eigenvalue weighted by molar-refractivity contribution is 7.16. The Morgan fingerprint density at radius 1 is 1.36 bits per heavy atom. The van der Waals surface area contributed by atoms with Crippen molar-refractivity contribution in [3.05, 3.63) is 51.7 Å². The van der Waals surface area contributed by atoms with E-state index in [-0.39, 0.29) is 5.91 Å². The Kier molecular flexibility index (Phi) is 4.31. The van der Waals surface area contributed by atoms with E-state index >= 15 is 0 Å². The number of hydrogen-bond donors (Lipinski definition) is 1. The standard InChI is InChI=1S/C18H16ClN3O2S/c1-10-14(20-17(23)12-6-3-7-13(19)8-12)9-15(25-10)16-21-18(24-22-16)11-4-2-5-11/h3,6-9,11H,2,4-5H2,1H3,(H,20,23). The molecule has 2 aromatic heterocycles. The monoisotopic (exact) mass is 373 g/mol. The number of aromatic nitrogens is 2. The van der Waals surface area contributed by atoms with Gasteiger partial charge in [0.15, 0.2) is 0 Å². The predicted octanol–water partition coefficient (Wildman–Crippen LogP) is 5.28. The summed E-state index contributed by atoms with van der Waals surface area (Å²) in [6.45, 7) is 1.95. The lowest BCUT2D eigenvalue weighted by Crippen LogP contribution is -2.11. The summed E-state index contributed by atoms with van der Waals surface area (Å²) in [7, 11) is 0. The van der Waals surface area contributed by atoms with Crippen molar-refractivity contribution in [1.82, 2.24) is 10.1 Å². The van der Waals surface area contributed by atoms with Gasteiger partial charge in [-0.25, -0.2) is 0 Å². The number of amides is 1. The molecule has 0 unspecified atom stereocenters. The molecule has 1 aromatic carbocycles. The third-order valence-electron chi connectivity index (χ3n) is 4.37. The molecule has 1 aliphatic rings. The fourth-order valence-corrected chi connectivity index (χ4v) is 3.79. The van der Waals surface area contributed by atoms with Gasteiger partial charge in [-0.1, -0.05) is 29.2 Å². The number of nitrogens with one attached hydrogen (secondary N) is 1. The number of thiophene rings is 1. The number of carbonyl (C=O) groups is 1. The van der Waals surface area contributed by atoms with Crippen LogP contribution in [0, 0.1) is 6.92 Å². The molecule has 2 heterocycles. The number of carbonyl (C=O) groups excluding carboxylic acids is 1. The van der Waals surface area contributed by atoms with Crippen LogP contribution in [0.15, 0.2) is 34.9 Å². The summed E-state index contributed by atoms with van der Waals surface area (Å²) in [6, 6.07) is 8.75. The zero-order valence-corrected chi connectivity index (χ0v) is 15.2. The van der Waals surface area contributed by atoms with E-state index in [9.17, 15) is 4.79 Å². The topological polar surface area (TPSA) is 68.0 Å². The Labute approximate surface area is 154 Å². The second-order valence-electron chi connectivity index (χ2n) is 6.13. The van der Waals surface area contributed by atoms with Gasteiger partial charge in [0.2, 0.25) is 11.7 Å². The van der Waals surface area contributed by atoms with Gasteiger partial charge in [0.05, 0.1) is 10.6 Å². The minimum atomic E-state index is -0.196. The summed E-state index contributed by atoms with van der Waals surface area (Å²) in [6.07, 6.45) is 3.46. The second-order valence-corrected chi connectivity index (χ2v) is 7.82. The van der Waals surface area contributed by atoms with Crippen LogP contribution in [0.1, 0.15) is 46.3 Å². The number of nitrogens with zero attached hydrogens (tertiary/aromatic N) is 2. The van der Waals surface area contributed by atoms with E-state index in [1.54, 1.807) is 24.3 Å². The fourth-order valence-electron chi connectivity index (χ4n) is 2.70. The molecule has 0 bridgehead atoms. The van der Waals surface area contributed by atoms with Crippen LogP contribution in [0.5, 0.6) is 0 Å². The van der Waals surface area contributed by atoms with Crippen LogP contribution >= 0.6 is 22.9 Å². The van der Waals surface area contributed by atoms with Crippen molar-refractivity contribution in [3.8, 4) is 10.7 Å². The first-order valence-electron chi connectivity index (χ1n) is 8.11. The summed E-state index contributed by atoms with van der Waals surface area (Å²) < 4.78 is 5.38. The van der Waals surface area contributed by atoms with Gasteiger partial charge in [0.1, 0.15) is 0 Å². The summed E-state index contributed by atoms with van der Waals surface area (Å²) in [5, 5.41) is 7.54. The molecule has 0 aliphatic heterocycles. The van der Waals surface area contributed by atoms with Gasteiger partial charge in [0.25, 0.3) is 5.91 Å². The van der Waals surface area contributed by atoms with E-state index in [0.29, 0.717) is 22.3 Å². The zero-order chi connectivity index (χ0) is 17.4. The highest BCUT2D eigenvalue weighted by Gasteiger charge is 2.26. The molecule has 0 saturated heterocycles. The van der Waals surface area contributed by atoms with Crippen LogP contribution in [0.2, 0.25) is 5.02 Å². The molecular weight excluding hydrogens is 358 g/mol. The minimum Gasteiger partial charge on any atom is -0.339 e. The van der Waals surface area contributed by atoms with Crippen molar-refractivity contribution in [2.24, 2.45) is 0 Å². The largest absolute Gasteiger partial charge is 0.339 e. The Morgan fingerprint density at radius 3 is 2.92 bits per heavy atom. The first-order valence-corrected chi connectivity index (χ1v) is 9.31. The average Bonchev–Trinajstić information content (AvgIpc) is 3.13. The Morgan fingerprint density at radius 2 is 2.20 bits per heavy atom. The lowest BCUT2D eigenvalue weighted by atomic mass is 9.85. The molecule has 0 spiro atoms. The number of halogens is 1. The lowest BCUT2D eigenvalue weighted by molar-refractivity contribution is 0.102. The number of anilines is 1. The van der Waals surface area contributed by atoms with Crippen molar-refractivity contribution in [2.45, 2.75) is 32.1 Å². The van der Waals surface area contributed by atoms with E-state index in [2.05, 4.69) is 15.5 Å². The average molecular weight is 374 g/mol. The summed E-state index contributed by atoms with van der Waals surface area (Å²) >= 11 is 7.48. The maximum absolute atomic E-state index is 12.4. The van der Waals surface area contributed by atoms with Crippen LogP contribution in [-0.4, -0.2) is 16.0 Å². The molecule has 1 saturated carbocycles. The third-order valence-corrected chi connectivity index (χ3v) is 5.65. The first-order chi connectivity index (χ1) is 12.1. The van der Waals surface area contributed by atoms with Crippen molar-refractivity contribution in [2.75, 3.05) is 5.32 Å². The van der Waals surface area contributed by atoms with E-state index in [1.165, 1.54) is 17.8 Å². The molecule has 3 aromatic rings. The molecule has 0 radical (unpaired) electrons. The van der Waals surface area contributed by atoms with Gasteiger partial charge in [-0.15, -0.1) is 11.3 Å². The zero-order valence-electron chi connectivity index (χ0n) is 13.6. The van der Waals surface area contributed by atoms with Crippen LogP contribution in [-0.2, 0) is 0 Å². The van der Waals surface area contributed by atoms with Gasteiger partial charge < -0.3 is 9.84 Å². The van der Waals surface area contributed by atoms with Crippen LogP contribution < -0.4 is 5.32 Å². The molecule has 7 heteroatoms. The first kappa shape index (κ1) is 16.3. The van der Waals surface area contributed by atoms with E-state index < -0.39 is 0 Å². The molecule has 1 fully saturated rings. The number of aryl methyl sites for hydroxylation is 1. The predicted molar refractivity (Wildman–Crippen MR) is 98.3 cm³/mol. The van der Waals surface area contributed by atoms with Crippen molar-refractivity contribution >= 4 is 34.5 Å². The molecule has 4 rings (SSSR count). The molecular formula is C18H16ClN3O2S. The van der Waals surface area contributed by atoms with Crippen LogP contribution in [0.25, 0.3) is 10.7 Å². The Hall–Kier alpha value is -2.18. The highest BCUT2D eigenvalue weighted by atomic mass is 35.5. The molecule has 128 valence electrons. The maximum atomic E-state index is 12.4. The highest BCUT2D eigenvalue weighted by Crippen LogP contribution is 2.38. The molecule has 0 atom stereocenters. The second kappa shape index (κ2) is 6.61. The van der Waals surface area contributed by atoms with Gasteiger partial charge in [-0.05, 0) is 44.0 Å². The quantitative estimate of drug-likeness (QED) is 0.675. The molecule has 1 aliphatic carbocycles. The van der Waals surface area contributed by atoms with Crippen LogP contribution in [0.3, 0.4) is 0 Å². The van der Waals surface area contributed by atoms with E-state index in [0.717, 1.165) is 34.2 Å². The van der Waals surface area contributed by atoms with Crippen LogP contribution in [0.4, 0.5) is 5.69 Å². The van der Waals surface area contributed by atoms with Crippen molar-refractivity contribution in [3.63, 3.8) is 0 Å². The van der Waals surface area contributed by atoms with Gasteiger partial charge in [-0.3, -0.25) is 4.79 Å². The van der Waals surface area contributed by atoms with Crippen molar-refractivity contribution < 1.29 is 9.32 Å².